The van der Waals surface area contributed by atoms with Crippen LogP contribution in [0.25, 0.3) is 0 Å². The molecule has 1 atom stereocenters. The van der Waals surface area contributed by atoms with Crippen molar-refractivity contribution in [3.63, 3.8) is 0 Å². The molecule has 1 aromatic carbocycles. The van der Waals surface area contributed by atoms with E-state index in [-0.39, 0.29) is 17.0 Å². The van der Waals surface area contributed by atoms with Gasteiger partial charge in [-0.15, -0.1) is 0 Å². The van der Waals surface area contributed by atoms with E-state index >= 15 is 0 Å². The second-order valence-electron chi connectivity index (χ2n) is 5.14. The van der Waals surface area contributed by atoms with Gasteiger partial charge in [0.15, 0.2) is 9.84 Å². The van der Waals surface area contributed by atoms with Crippen LogP contribution in [0.4, 0.5) is 0 Å². The van der Waals surface area contributed by atoms with Crippen LogP contribution in [-0.4, -0.2) is 33.1 Å². The molecule has 4 nitrogen and oxygen atoms in total. The first-order chi connectivity index (χ1) is 9.40. The topological polar surface area (TPSA) is 55.4 Å². The largest absolute Gasteiger partial charge is 0.494 e. The number of hydrogen-bond acceptors (Lipinski definition) is 4. The Kier molecular flexibility index (Phi) is 6.49. The highest BCUT2D eigenvalue weighted by atomic mass is 32.2. The van der Waals surface area contributed by atoms with Gasteiger partial charge < -0.3 is 10.1 Å². The van der Waals surface area contributed by atoms with Gasteiger partial charge in [-0.25, -0.2) is 8.42 Å². The van der Waals surface area contributed by atoms with Crippen LogP contribution in [0.15, 0.2) is 24.3 Å². The van der Waals surface area contributed by atoms with E-state index in [1.165, 1.54) is 0 Å². The monoisotopic (exact) mass is 299 g/mol. The Bertz CT molecular complexity index is 494. The maximum Gasteiger partial charge on any atom is 0.154 e. The average molecular weight is 299 g/mol. The molecule has 1 N–H and O–H groups in total. The molecule has 0 aromatic heterocycles. The van der Waals surface area contributed by atoms with Gasteiger partial charge in [0.25, 0.3) is 0 Å². The molecule has 0 amide bonds. The summed E-state index contributed by atoms with van der Waals surface area (Å²) in [6, 6.07) is 7.42. The molecule has 1 unspecified atom stereocenters. The van der Waals surface area contributed by atoms with Crippen molar-refractivity contribution in [1.82, 2.24) is 5.32 Å². The van der Waals surface area contributed by atoms with E-state index in [1.807, 2.05) is 24.3 Å². The van der Waals surface area contributed by atoms with E-state index in [4.69, 9.17) is 4.74 Å². The van der Waals surface area contributed by atoms with Crippen LogP contribution in [-0.2, 0) is 9.84 Å². The fourth-order valence-electron chi connectivity index (χ4n) is 1.79. The Morgan fingerprint density at radius 1 is 1.20 bits per heavy atom. The summed E-state index contributed by atoms with van der Waals surface area (Å²) in [6.45, 7) is 6.17. The Hall–Kier alpha value is -1.07. The summed E-state index contributed by atoms with van der Waals surface area (Å²) >= 11 is 0. The molecule has 0 spiro atoms. The van der Waals surface area contributed by atoms with E-state index in [0.29, 0.717) is 6.61 Å². The lowest BCUT2D eigenvalue weighted by atomic mass is 10.1. The van der Waals surface area contributed by atoms with E-state index in [9.17, 15) is 8.42 Å². The molecule has 0 saturated heterocycles. The fraction of sp³-hybridized carbons (Fsp3) is 0.600. The highest BCUT2D eigenvalue weighted by Crippen LogP contribution is 2.20. The van der Waals surface area contributed by atoms with Crippen LogP contribution >= 0.6 is 0 Å². The van der Waals surface area contributed by atoms with Gasteiger partial charge in [-0.2, -0.15) is 0 Å². The second-order valence-corrected chi connectivity index (χ2v) is 7.74. The Labute approximate surface area is 122 Å². The van der Waals surface area contributed by atoms with Crippen molar-refractivity contribution in [1.29, 1.82) is 0 Å². The van der Waals surface area contributed by atoms with E-state index in [0.717, 1.165) is 17.7 Å². The highest BCUT2D eigenvalue weighted by molar-refractivity contribution is 7.92. The highest BCUT2D eigenvalue weighted by Gasteiger charge is 2.22. The molecule has 1 rings (SSSR count). The minimum atomic E-state index is -3.08. The van der Waals surface area contributed by atoms with Crippen molar-refractivity contribution < 1.29 is 13.2 Å². The van der Waals surface area contributed by atoms with Crippen LogP contribution in [0.5, 0.6) is 5.75 Å². The van der Waals surface area contributed by atoms with Crippen LogP contribution in [0.2, 0.25) is 0 Å². The van der Waals surface area contributed by atoms with Gasteiger partial charge in [0.1, 0.15) is 5.75 Å². The quantitative estimate of drug-likeness (QED) is 0.801. The number of sulfone groups is 1. The third-order valence-corrected chi connectivity index (χ3v) is 5.46. The zero-order valence-corrected chi connectivity index (χ0v) is 13.5. The lowest BCUT2D eigenvalue weighted by molar-refractivity contribution is 0.317. The first kappa shape index (κ1) is 17.0. The summed E-state index contributed by atoms with van der Waals surface area (Å²) < 4.78 is 29.6. The van der Waals surface area contributed by atoms with E-state index in [1.54, 1.807) is 20.9 Å². The molecule has 0 saturated carbocycles. The SMILES string of the molecule is CCCOc1ccc(C(CS(=O)(=O)C(C)C)NC)cc1. The van der Waals surface area contributed by atoms with Gasteiger partial charge in [0, 0.05) is 6.04 Å². The first-order valence-electron chi connectivity index (χ1n) is 7.02. The zero-order chi connectivity index (χ0) is 15.2. The molecule has 0 fully saturated rings. The molecule has 0 heterocycles. The molecule has 0 aliphatic carbocycles. The van der Waals surface area contributed by atoms with E-state index < -0.39 is 9.84 Å². The molecule has 1 aromatic rings. The predicted molar refractivity (Wildman–Crippen MR) is 83.0 cm³/mol. The molecule has 0 radical (unpaired) electrons. The second kappa shape index (κ2) is 7.64. The number of nitrogens with one attached hydrogen (secondary N) is 1. The van der Waals surface area contributed by atoms with Gasteiger partial charge in [-0.05, 0) is 45.0 Å². The van der Waals surface area contributed by atoms with Crippen LogP contribution < -0.4 is 10.1 Å². The van der Waals surface area contributed by atoms with Crippen molar-refractivity contribution in [2.24, 2.45) is 0 Å². The van der Waals surface area contributed by atoms with Crippen LogP contribution in [0.1, 0.15) is 38.8 Å². The third-order valence-electron chi connectivity index (χ3n) is 3.22. The fourth-order valence-corrected chi connectivity index (χ4v) is 3.00. The Balaban J connectivity index is 2.80. The summed E-state index contributed by atoms with van der Waals surface area (Å²) in [4.78, 5) is 0. The maximum absolute atomic E-state index is 12.0. The van der Waals surface area contributed by atoms with E-state index in [2.05, 4.69) is 12.2 Å². The Morgan fingerprint density at radius 3 is 2.25 bits per heavy atom. The van der Waals surface area contributed by atoms with Gasteiger partial charge in [0.2, 0.25) is 0 Å². The first-order valence-corrected chi connectivity index (χ1v) is 8.73. The lowest BCUT2D eigenvalue weighted by Gasteiger charge is -2.18. The van der Waals surface area contributed by atoms with Gasteiger partial charge in [-0.3, -0.25) is 0 Å². The molecule has 5 heteroatoms. The van der Waals surface area contributed by atoms with Crippen molar-refractivity contribution in [2.75, 3.05) is 19.4 Å². The maximum atomic E-state index is 12.0. The smallest absolute Gasteiger partial charge is 0.154 e. The van der Waals surface area contributed by atoms with Gasteiger partial charge >= 0.3 is 0 Å². The zero-order valence-electron chi connectivity index (χ0n) is 12.7. The Morgan fingerprint density at radius 2 is 1.80 bits per heavy atom. The summed E-state index contributed by atoms with van der Waals surface area (Å²) in [6.07, 6.45) is 0.966. The number of ether oxygens (including phenoxy) is 1. The van der Waals surface area contributed by atoms with Crippen LogP contribution in [0, 0.1) is 0 Å². The van der Waals surface area contributed by atoms with Gasteiger partial charge in [0.05, 0.1) is 17.6 Å². The normalized spacial score (nSPS) is 13.4. The molecule has 0 aliphatic heterocycles. The minimum absolute atomic E-state index is 0.107. The van der Waals surface area contributed by atoms with Crippen molar-refractivity contribution in [2.45, 2.75) is 38.5 Å². The standard InChI is InChI=1S/C15H25NO3S/c1-5-10-19-14-8-6-13(7-9-14)15(16-4)11-20(17,18)12(2)3/h6-9,12,15-16H,5,10-11H2,1-4H3. The third kappa shape index (κ3) is 4.80. The number of hydrogen-bond donors (Lipinski definition) is 1. The molecule has 20 heavy (non-hydrogen) atoms. The molecule has 0 aliphatic rings. The van der Waals surface area contributed by atoms with Gasteiger partial charge in [-0.1, -0.05) is 19.1 Å². The molecule has 0 bridgehead atoms. The summed E-state index contributed by atoms with van der Waals surface area (Å²) in [5, 5.41) is 2.72. The summed E-state index contributed by atoms with van der Waals surface area (Å²) in [5.74, 6) is 0.924. The van der Waals surface area contributed by atoms with Crippen LogP contribution in [0.3, 0.4) is 0 Å². The summed E-state index contributed by atoms with van der Waals surface area (Å²) in [5.41, 5.74) is 0.959. The predicted octanol–water partition coefficient (Wildman–Crippen LogP) is 2.56. The minimum Gasteiger partial charge on any atom is -0.494 e. The van der Waals surface area contributed by atoms with Crippen molar-refractivity contribution in [3.05, 3.63) is 29.8 Å². The van der Waals surface area contributed by atoms with Crippen molar-refractivity contribution >= 4 is 9.84 Å². The molecular formula is C15H25NO3S. The number of rotatable bonds is 8. The average Bonchev–Trinajstić information content (AvgIpc) is 2.43. The lowest BCUT2D eigenvalue weighted by Crippen LogP contribution is -2.29. The van der Waals surface area contributed by atoms with Crippen molar-refractivity contribution in [3.8, 4) is 5.75 Å². The summed E-state index contributed by atoms with van der Waals surface area (Å²) in [7, 11) is -1.30. The molecular weight excluding hydrogens is 274 g/mol. The number of benzene rings is 1. The molecule has 114 valence electrons.